The van der Waals surface area contributed by atoms with E-state index in [-0.39, 0.29) is 25.7 Å². The highest BCUT2D eigenvalue weighted by atomic mass is 31.2. The fourth-order valence-corrected chi connectivity index (χ4v) is 12.4. The van der Waals surface area contributed by atoms with Crippen molar-refractivity contribution in [3.63, 3.8) is 0 Å². The maximum absolute atomic E-state index is 13.1. The first kappa shape index (κ1) is 98.0. The van der Waals surface area contributed by atoms with Crippen molar-refractivity contribution in [3.05, 3.63) is 97.2 Å². The Morgan fingerprint density at radius 3 is 0.784 bits per heavy atom. The number of aliphatic hydroxyl groups is 1. The molecule has 2 unspecified atom stereocenters. The van der Waals surface area contributed by atoms with E-state index in [1.54, 1.807) is 0 Å². The Balaban J connectivity index is 5.42. The van der Waals surface area contributed by atoms with E-state index in [9.17, 15) is 43.2 Å². The molecule has 0 fully saturated rings. The molecule has 0 radical (unpaired) electrons. The van der Waals surface area contributed by atoms with Gasteiger partial charge in [-0.25, -0.2) is 9.13 Å². The van der Waals surface area contributed by atoms with Gasteiger partial charge in [0.25, 0.3) is 0 Å². The molecule has 0 saturated heterocycles. The number of ether oxygens (including phenoxy) is 4. The smallest absolute Gasteiger partial charge is 0.462 e. The molecule has 3 N–H and O–H groups in total. The Labute approximate surface area is 620 Å². The predicted octanol–water partition coefficient (Wildman–Crippen LogP) is 23.6. The normalized spacial score (nSPS) is 14.4. The van der Waals surface area contributed by atoms with E-state index in [0.717, 1.165) is 96.3 Å². The van der Waals surface area contributed by atoms with Crippen LogP contribution in [0.5, 0.6) is 0 Å². The van der Waals surface area contributed by atoms with Gasteiger partial charge in [-0.1, -0.05) is 318 Å². The van der Waals surface area contributed by atoms with Gasteiger partial charge in [-0.15, -0.1) is 0 Å². The van der Waals surface area contributed by atoms with Gasteiger partial charge in [0.1, 0.15) is 19.3 Å². The van der Waals surface area contributed by atoms with Gasteiger partial charge in [0, 0.05) is 25.7 Å². The molecule has 0 aromatic rings. The fourth-order valence-electron chi connectivity index (χ4n) is 10.9. The highest BCUT2D eigenvalue weighted by molar-refractivity contribution is 7.47. The minimum Gasteiger partial charge on any atom is -0.462 e. The first-order valence-corrected chi connectivity index (χ1v) is 43.5. The second-order valence-corrected chi connectivity index (χ2v) is 29.9. The van der Waals surface area contributed by atoms with Crippen molar-refractivity contribution in [1.82, 2.24) is 0 Å². The van der Waals surface area contributed by atoms with Crippen molar-refractivity contribution >= 4 is 39.5 Å². The van der Waals surface area contributed by atoms with Crippen LogP contribution in [0.3, 0.4) is 0 Å². The third-order valence-corrected chi connectivity index (χ3v) is 19.0. The summed E-state index contributed by atoms with van der Waals surface area (Å²) in [4.78, 5) is 73.0. The van der Waals surface area contributed by atoms with Crippen molar-refractivity contribution < 1.29 is 80.2 Å². The average molecular weight is 1480 g/mol. The summed E-state index contributed by atoms with van der Waals surface area (Å²) in [6, 6.07) is 0. The van der Waals surface area contributed by atoms with Crippen LogP contribution in [0.25, 0.3) is 0 Å². The molecule has 0 aromatic carbocycles. The summed E-state index contributed by atoms with van der Waals surface area (Å²) in [6.07, 6.45) is 79.7. The summed E-state index contributed by atoms with van der Waals surface area (Å²) >= 11 is 0. The van der Waals surface area contributed by atoms with Crippen molar-refractivity contribution in [2.75, 3.05) is 39.6 Å². The lowest BCUT2D eigenvalue weighted by molar-refractivity contribution is -0.161. The minimum absolute atomic E-state index is 0.0204. The van der Waals surface area contributed by atoms with E-state index in [0.29, 0.717) is 38.5 Å². The van der Waals surface area contributed by atoms with Gasteiger partial charge >= 0.3 is 39.5 Å². The van der Waals surface area contributed by atoms with Gasteiger partial charge in [0.2, 0.25) is 0 Å². The standard InChI is InChI=1S/C83H146O17P2/c1-5-9-13-17-21-25-29-33-36-38-41-45-48-52-56-60-64-68-81(86)94-73-78(99-82(87)69-65-61-57-53-49-43-32-28-24-20-16-12-8-4)75-97-101(89,90)95-71-77(84)72-96-102(91,92)98-76-79(74-93-80(85)67-63-59-55-51-47-44-40-35-31-27-23-19-15-11-7-3)100-83(88)70-66-62-58-54-50-46-42-39-37-34-30-26-22-18-14-10-6-2/h21-22,25-26,33-34,36-37,41-42,45-46,52,54,56,58,77-79,84H,5-20,23-24,27-32,35,38-40,43-44,47-51,53,55,57,59-76H2,1-4H3,(H,89,90)(H,91,92)/b25-21-,26-22-,36-33-,37-34-,45-41-,46-42-,56-52-,58-54-/t77-,78-,79-/m1/s1. The van der Waals surface area contributed by atoms with Crippen molar-refractivity contribution in [2.45, 2.75) is 367 Å². The lowest BCUT2D eigenvalue weighted by Crippen LogP contribution is -2.30. The van der Waals surface area contributed by atoms with E-state index in [1.165, 1.54) is 161 Å². The summed E-state index contributed by atoms with van der Waals surface area (Å²) < 4.78 is 68.5. The Morgan fingerprint density at radius 2 is 0.490 bits per heavy atom. The number of aliphatic hydroxyl groups excluding tert-OH is 1. The number of rotatable bonds is 76. The molecule has 0 aliphatic rings. The van der Waals surface area contributed by atoms with Gasteiger partial charge in [0.15, 0.2) is 12.2 Å². The number of phosphoric ester groups is 2. The molecular weight excluding hydrogens is 1330 g/mol. The zero-order valence-corrected chi connectivity index (χ0v) is 66.3. The molecule has 0 heterocycles. The van der Waals surface area contributed by atoms with Gasteiger partial charge in [-0.2, -0.15) is 0 Å². The summed E-state index contributed by atoms with van der Waals surface area (Å²) in [5, 5.41) is 10.6. The number of carbonyl (C=O) groups excluding carboxylic acids is 4. The highest BCUT2D eigenvalue weighted by Crippen LogP contribution is 2.45. The molecule has 0 bridgehead atoms. The number of carbonyl (C=O) groups is 4. The third-order valence-electron chi connectivity index (χ3n) is 17.1. The minimum atomic E-state index is -4.99. The summed E-state index contributed by atoms with van der Waals surface area (Å²) in [5.74, 6) is -2.28. The summed E-state index contributed by atoms with van der Waals surface area (Å²) in [5.41, 5.74) is 0. The number of allylic oxidation sites excluding steroid dienone is 16. The lowest BCUT2D eigenvalue weighted by Gasteiger charge is -2.21. The molecule has 102 heavy (non-hydrogen) atoms. The van der Waals surface area contributed by atoms with Crippen LogP contribution in [0.4, 0.5) is 0 Å². The Kier molecular flexibility index (Phi) is 72.3. The number of esters is 4. The van der Waals surface area contributed by atoms with Crippen LogP contribution in [0, 0.1) is 0 Å². The van der Waals surface area contributed by atoms with Crippen LogP contribution in [0.1, 0.15) is 349 Å². The van der Waals surface area contributed by atoms with E-state index in [1.807, 2.05) is 24.3 Å². The molecular formula is C83H146O17P2. The zero-order valence-electron chi connectivity index (χ0n) is 64.5. The molecule has 0 rings (SSSR count). The molecule has 0 saturated carbocycles. The van der Waals surface area contributed by atoms with Crippen LogP contribution < -0.4 is 0 Å². The monoisotopic (exact) mass is 1480 g/mol. The van der Waals surface area contributed by atoms with Crippen molar-refractivity contribution in [3.8, 4) is 0 Å². The van der Waals surface area contributed by atoms with Crippen LogP contribution in [-0.2, 0) is 65.4 Å². The van der Waals surface area contributed by atoms with Gasteiger partial charge in [-0.05, 0) is 103 Å². The van der Waals surface area contributed by atoms with E-state index < -0.39 is 97.5 Å². The lowest BCUT2D eigenvalue weighted by atomic mass is 10.0. The van der Waals surface area contributed by atoms with E-state index >= 15 is 0 Å². The van der Waals surface area contributed by atoms with Crippen molar-refractivity contribution in [2.24, 2.45) is 0 Å². The van der Waals surface area contributed by atoms with Gasteiger partial charge < -0.3 is 33.8 Å². The van der Waals surface area contributed by atoms with Gasteiger partial charge in [0.05, 0.1) is 26.4 Å². The zero-order chi connectivity index (χ0) is 74.6. The maximum Gasteiger partial charge on any atom is 0.472 e. The number of phosphoric acid groups is 2. The maximum atomic E-state index is 13.1. The highest BCUT2D eigenvalue weighted by Gasteiger charge is 2.30. The summed E-state index contributed by atoms with van der Waals surface area (Å²) in [6.45, 7) is 4.74. The molecule has 0 spiro atoms. The predicted molar refractivity (Wildman–Crippen MR) is 418 cm³/mol. The molecule has 0 amide bonds. The number of hydrogen-bond acceptors (Lipinski definition) is 15. The fraction of sp³-hybridized carbons (Fsp3) is 0.759. The first-order valence-electron chi connectivity index (χ1n) is 40.5. The van der Waals surface area contributed by atoms with E-state index in [4.69, 9.17) is 37.0 Å². The third kappa shape index (κ3) is 74.3. The van der Waals surface area contributed by atoms with Crippen molar-refractivity contribution in [1.29, 1.82) is 0 Å². The van der Waals surface area contributed by atoms with Crippen LogP contribution in [-0.4, -0.2) is 96.7 Å². The molecule has 0 aliphatic carbocycles. The van der Waals surface area contributed by atoms with E-state index in [2.05, 4.69) is 101 Å². The quantitative estimate of drug-likeness (QED) is 0.0169. The largest absolute Gasteiger partial charge is 0.472 e. The molecule has 590 valence electrons. The molecule has 19 heteroatoms. The Hall–Kier alpha value is -4.02. The topological polar surface area (TPSA) is 237 Å². The molecule has 0 aliphatic heterocycles. The van der Waals surface area contributed by atoms with Gasteiger partial charge in [-0.3, -0.25) is 37.3 Å². The molecule has 0 aromatic heterocycles. The molecule has 5 atom stereocenters. The SMILES string of the molecule is CCCCC/C=C\C/C=C\C/C=C\C/C=C\CCCC(=O)OC[C@H](COP(=O)(O)OC[C@@H](O)COP(=O)(O)OC[C@@H](COC(=O)CCCCCCCCCCCCCCCCC)OC(=O)CCC/C=C\C/C=C\C/C=C\C/C=C\CCCCC)OC(=O)CCCCCCCCCCCCCCC. The summed E-state index contributed by atoms with van der Waals surface area (Å²) in [7, 11) is -9.98. The number of unbranched alkanes of at least 4 members (excludes halogenated alkanes) is 34. The Morgan fingerprint density at radius 1 is 0.275 bits per heavy atom. The second-order valence-electron chi connectivity index (χ2n) is 27.0. The van der Waals surface area contributed by atoms with Crippen LogP contribution >= 0.6 is 15.6 Å². The number of hydrogen-bond donors (Lipinski definition) is 3. The second kappa shape index (κ2) is 75.2. The molecule has 17 nitrogen and oxygen atoms in total. The van der Waals surface area contributed by atoms with Crippen LogP contribution in [0.2, 0.25) is 0 Å². The first-order chi connectivity index (χ1) is 49.7. The Bertz CT molecular complexity index is 2310. The average Bonchev–Trinajstić information content (AvgIpc) is 0.909. The van der Waals surface area contributed by atoms with Crippen LogP contribution in [0.15, 0.2) is 97.2 Å².